The zero-order valence-electron chi connectivity index (χ0n) is 9.86. The zero-order chi connectivity index (χ0) is 10.8. The highest BCUT2D eigenvalue weighted by Gasteiger charge is 2.21. The minimum absolute atomic E-state index is 0.670. The molecule has 3 rings (SSSR count). The first kappa shape index (κ1) is 10.3. The molecular formula is C13H21N3. The fraction of sp³-hybridized carbons (Fsp3) is 0.769. The molecule has 0 radical (unpaired) electrons. The van der Waals surface area contributed by atoms with Crippen molar-refractivity contribution in [3.63, 3.8) is 0 Å². The van der Waals surface area contributed by atoms with E-state index in [4.69, 9.17) is 0 Å². The van der Waals surface area contributed by atoms with E-state index in [1.165, 1.54) is 50.6 Å². The molecule has 0 aromatic carbocycles. The van der Waals surface area contributed by atoms with Gasteiger partial charge in [0.2, 0.25) is 0 Å². The summed E-state index contributed by atoms with van der Waals surface area (Å²) in [6.07, 6.45) is 11.7. The van der Waals surface area contributed by atoms with Gasteiger partial charge in [0.1, 0.15) is 0 Å². The maximum absolute atomic E-state index is 4.69. The van der Waals surface area contributed by atoms with Crippen LogP contribution in [0.1, 0.15) is 56.7 Å². The van der Waals surface area contributed by atoms with Gasteiger partial charge in [-0.2, -0.15) is 5.10 Å². The molecule has 0 spiro atoms. The van der Waals surface area contributed by atoms with Gasteiger partial charge in [0.15, 0.2) is 0 Å². The molecule has 3 nitrogen and oxygen atoms in total. The van der Waals surface area contributed by atoms with Crippen LogP contribution in [0.2, 0.25) is 0 Å². The zero-order valence-corrected chi connectivity index (χ0v) is 9.86. The van der Waals surface area contributed by atoms with Gasteiger partial charge in [0, 0.05) is 18.8 Å². The molecular weight excluding hydrogens is 198 g/mol. The van der Waals surface area contributed by atoms with Crippen molar-refractivity contribution >= 4 is 0 Å². The molecule has 0 unspecified atom stereocenters. The van der Waals surface area contributed by atoms with Crippen LogP contribution in [0.3, 0.4) is 0 Å². The Morgan fingerprint density at radius 3 is 2.75 bits per heavy atom. The minimum atomic E-state index is 0.670. The van der Waals surface area contributed by atoms with Crippen molar-refractivity contribution in [1.82, 2.24) is 15.1 Å². The van der Waals surface area contributed by atoms with E-state index in [9.17, 15) is 0 Å². The molecule has 2 aliphatic carbocycles. The van der Waals surface area contributed by atoms with Gasteiger partial charge in [-0.1, -0.05) is 19.3 Å². The number of hydrogen-bond acceptors (Lipinski definition) is 2. The molecule has 1 aromatic rings. The van der Waals surface area contributed by atoms with Gasteiger partial charge in [-0.15, -0.1) is 0 Å². The Morgan fingerprint density at radius 1 is 1.19 bits per heavy atom. The highest BCUT2D eigenvalue weighted by atomic mass is 15.3. The topological polar surface area (TPSA) is 29.9 Å². The standard InChI is InChI=1S/C13H21N3/c1-2-4-13(5-3-1)16-9-8-12(15-16)10-14-11-6-7-11/h8-9,11,13-14H,1-7,10H2. The fourth-order valence-electron chi connectivity index (χ4n) is 2.56. The lowest BCUT2D eigenvalue weighted by Gasteiger charge is -2.21. The quantitative estimate of drug-likeness (QED) is 0.843. The molecule has 0 aliphatic heterocycles. The second kappa shape index (κ2) is 4.58. The molecule has 0 atom stereocenters. The van der Waals surface area contributed by atoms with Crippen LogP contribution in [0, 0.1) is 0 Å². The van der Waals surface area contributed by atoms with Crippen LogP contribution in [-0.4, -0.2) is 15.8 Å². The molecule has 88 valence electrons. The summed E-state index contributed by atoms with van der Waals surface area (Å²) in [5, 5.41) is 8.20. The number of nitrogens with one attached hydrogen (secondary N) is 1. The Kier molecular flexibility index (Phi) is 2.96. The summed E-state index contributed by atoms with van der Waals surface area (Å²) < 4.78 is 2.20. The summed E-state index contributed by atoms with van der Waals surface area (Å²) in [7, 11) is 0. The summed E-state index contributed by atoms with van der Waals surface area (Å²) >= 11 is 0. The molecule has 0 bridgehead atoms. The first-order valence-corrected chi connectivity index (χ1v) is 6.69. The molecule has 2 aliphatic rings. The van der Waals surface area contributed by atoms with Gasteiger partial charge >= 0.3 is 0 Å². The van der Waals surface area contributed by atoms with Gasteiger partial charge in [0.05, 0.1) is 11.7 Å². The highest BCUT2D eigenvalue weighted by Crippen LogP contribution is 2.27. The molecule has 2 fully saturated rings. The SMILES string of the molecule is c1cn(C2CCCCC2)nc1CNC1CC1. The first-order chi connectivity index (χ1) is 7.92. The Bertz CT molecular complexity index is 335. The highest BCUT2D eigenvalue weighted by molar-refractivity contribution is 5.00. The second-order valence-electron chi connectivity index (χ2n) is 5.23. The molecule has 16 heavy (non-hydrogen) atoms. The van der Waals surface area contributed by atoms with Gasteiger partial charge < -0.3 is 5.32 Å². The monoisotopic (exact) mass is 219 g/mol. The van der Waals surface area contributed by atoms with Gasteiger partial charge in [-0.25, -0.2) is 0 Å². The molecule has 2 saturated carbocycles. The Morgan fingerprint density at radius 2 is 2.00 bits per heavy atom. The first-order valence-electron chi connectivity index (χ1n) is 6.69. The predicted octanol–water partition coefficient (Wildman–Crippen LogP) is 2.64. The van der Waals surface area contributed by atoms with Gasteiger partial charge in [-0.3, -0.25) is 4.68 Å². The van der Waals surface area contributed by atoms with E-state index < -0.39 is 0 Å². The summed E-state index contributed by atoms with van der Waals surface area (Å²) in [6.45, 7) is 0.949. The van der Waals surface area contributed by atoms with E-state index in [1.807, 2.05) is 0 Å². The fourth-order valence-corrected chi connectivity index (χ4v) is 2.56. The van der Waals surface area contributed by atoms with Crippen LogP contribution in [0.4, 0.5) is 0 Å². The lowest BCUT2D eigenvalue weighted by atomic mass is 9.96. The van der Waals surface area contributed by atoms with Crippen LogP contribution < -0.4 is 5.32 Å². The third-order valence-electron chi connectivity index (χ3n) is 3.76. The van der Waals surface area contributed by atoms with E-state index in [-0.39, 0.29) is 0 Å². The van der Waals surface area contributed by atoms with E-state index in [0.717, 1.165) is 12.6 Å². The van der Waals surface area contributed by atoms with Crippen LogP contribution in [0.5, 0.6) is 0 Å². The normalized spacial score (nSPS) is 22.5. The molecule has 1 heterocycles. The molecule has 3 heteroatoms. The van der Waals surface area contributed by atoms with Crippen molar-refractivity contribution in [2.24, 2.45) is 0 Å². The lowest BCUT2D eigenvalue weighted by molar-refractivity contribution is 0.327. The van der Waals surface area contributed by atoms with E-state index in [2.05, 4.69) is 27.4 Å². The van der Waals surface area contributed by atoms with Crippen LogP contribution in [0.15, 0.2) is 12.3 Å². The summed E-state index contributed by atoms with van der Waals surface area (Å²) in [4.78, 5) is 0. The third-order valence-corrected chi connectivity index (χ3v) is 3.76. The van der Waals surface area contributed by atoms with Crippen LogP contribution >= 0.6 is 0 Å². The van der Waals surface area contributed by atoms with E-state index in [0.29, 0.717) is 6.04 Å². The summed E-state index contributed by atoms with van der Waals surface area (Å²) in [5.41, 5.74) is 1.21. The largest absolute Gasteiger partial charge is 0.308 e. The average molecular weight is 219 g/mol. The number of aromatic nitrogens is 2. The third kappa shape index (κ3) is 2.46. The van der Waals surface area contributed by atoms with Crippen molar-refractivity contribution in [2.45, 2.75) is 63.6 Å². The van der Waals surface area contributed by atoms with Crippen molar-refractivity contribution in [3.05, 3.63) is 18.0 Å². The number of nitrogens with zero attached hydrogens (tertiary/aromatic N) is 2. The van der Waals surface area contributed by atoms with Crippen LogP contribution in [0.25, 0.3) is 0 Å². The van der Waals surface area contributed by atoms with E-state index >= 15 is 0 Å². The maximum atomic E-state index is 4.69. The molecule has 0 saturated heterocycles. The van der Waals surface area contributed by atoms with Gasteiger partial charge in [-0.05, 0) is 31.7 Å². The molecule has 1 N–H and O–H groups in total. The molecule has 1 aromatic heterocycles. The van der Waals surface area contributed by atoms with E-state index in [1.54, 1.807) is 0 Å². The Labute approximate surface area is 97.2 Å². The Balaban J connectivity index is 1.57. The average Bonchev–Trinajstić information content (AvgIpc) is 3.05. The van der Waals surface area contributed by atoms with Gasteiger partial charge in [0.25, 0.3) is 0 Å². The van der Waals surface area contributed by atoms with Crippen molar-refractivity contribution < 1.29 is 0 Å². The smallest absolute Gasteiger partial charge is 0.0762 e. The predicted molar refractivity (Wildman–Crippen MR) is 64.2 cm³/mol. The summed E-state index contributed by atoms with van der Waals surface area (Å²) in [6, 6.07) is 3.62. The molecule has 0 amide bonds. The van der Waals surface area contributed by atoms with Crippen molar-refractivity contribution in [2.75, 3.05) is 0 Å². The van der Waals surface area contributed by atoms with Crippen LogP contribution in [-0.2, 0) is 6.54 Å². The second-order valence-corrected chi connectivity index (χ2v) is 5.23. The number of rotatable bonds is 4. The minimum Gasteiger partial charge on any atom is -0.308 e. The Hall–Kier alpha value is -0.830. The van der Waals surface area contributed by atoms with Crippen molar-refractivity contribution in [3.8, 4) is 0 Å². The van der Waals surface area contributed by atoms with Crippen molar-refractivity contribution in [1.29, 1.82) is 0 Å². The maximum Gasteiger partial charge on any atom is 0.0762 e. The summed E-state index contributed by atoms with van der Waals surface area (Å²) in [5.74, 6) is 0. The lowest BCUT2D eigenvalue weighted by Crippen LogP contribution is -2.17. The number of hydrogen-bond donors (Lipinski definition) is 1.